The van der Waals surface area contributed by atoms with Gasteiger partial charge in [-0.1, -0.05) is 11.6 Å². The quantitative estimate of drug-likeness (QED) is 0.774. The van der Waals surface area contributed by atoms with Crippen LogP contribution in [0.5, 0.6) is 5.75 Å². The molecule has 118 valence electrons. The van der Waals surface area contributed by atoms with Crippen LogP contribution in [0.15, 0.2) is 22.6 Å². The fourth-order valence-electron chi connectivity index (χ4n) is 1.51. The van der Waals surface area contributed by atoms with Crippen LogP contribution in [0.2, 0.25) is 5.02 Å². The van der Waals surface area contributed by atoms with Crippen LogP contribution in [0.1, 0.15) is 20.8 Å². The van der Waals surface area contributed by atoms with E-state index in [9.17, 15) is 9.00 Å². The van der Waals surface area contributed by atoms with Gasteiger partial charge in [0, 0.05) is 27.3 Å². The standard InChI is InChI=1S/C14H20ClNO4S/c1-6-19-13(17)14(2,3)20-12-8-7-10(15)9-11(12)16-21(4,5)18/h7-9H,6H2,1-5H3. The molecule has 0 amide bonds. The molecular formula is C14H20ClNO4S. The van der Waals surface area contributed by atoms with Crippen molar-refractivity contribution in [2.24, 2.45) is 4.36 Å². The molecule has 0 bridgehead atoms. The third-order valence-electron chi connectivity index (χ3n) is 2.37. The van der Waals surface area contributed by atoms with Crippen molar-refractivity contribution < 1.29 is 18.5 Å². The normalized spacial score (nSPS) is 11.9. The Kier molecular flexibility index (Phi) is 5.64. The van der Waals surface area contributed by atoms with Crippen molar-refractivity contribution >= 4 is 33.0 Å². The van der Waals surface area contributed by atoms with E-state index in [2.05, 4.69) is 4.36 Å². The van der Waals surface area contributed by atoms with Gasteiger partial charge in [-0.15, -0.1) is 0 Å². The van der Waals surface area contributed by atoms with Crippen LogP contribution in [-0.4, -0.2) is 34.9 Å². The highest BCUT2D eigenvalue weighted by Gasteiger charge is 2.32. The van der Waals surface area contributed by atoms with E-state index in [1.807, 2.05) is 0 Å². The molecule has 0 saturated carbocycles. The second kappa shape index (κ2) is 6.66. The number of benzene rings is 1. The van der Waals surface area contributed by atoms with E-state index in [1.165, 1.54) is 12.5 Å². The highest BCUT2D eigenvalue weighted by Crippen LogP contribution is 2.34. The van der Waals surface area contributed by atoms with Gasteiger partial charge in [0.25, 0.3) is 0 Å². The zero-order valence-corrected chi connectivity index (χ0v) is 14.4. The van der Waals surface area contributed by atoms with Gasteiger partial charge >= 0.3 is 5.97 Å². The van der Waals surface area contributed by atoms with Gasteiger partial charge in [0.15, 0.2) is 5.60 Å². The van der Waals surface area contributed by atoms with E-state index in [-0.39, 0.29) is 6.61 Å². The maximum atomic E-state index is 11.9. The first-order chi connectivity index (χ1) is 9.55. The number of hydrogen-bond acceptors (Lipinski definition) is 5. The smallest absolute Gasteiger partial charge is 0.349 e. The monoisotopic (exact) mass is 333 g/mol. The van der Waals surface area contributed by atoms with Crippen LogP contribution in [0.25, 0.3) is 0 Å². The lowest BCUT2D eigenvalue weighted by Crippen LogP contribution is -2.39. The molecule has 0 radical (unpaired) electrons. The molecule has 1 aromatic rings. The summed E-state index contributed by atoms with van der Waals surface area (Å²) in [5, 5.41) is 0.443. The summed E-state index contributed by atoms with van der Waals surface area (Å²) < 4.78 is 26.6. The number of esters is 1. The average Bonchev–Trinajstić information content (AvgIpc) is 2.31. The summed E-state index contributed by atoms with van der Waals surface area (Å²) in [5.74, 6) is -0.159. The van der Waals surface area contributed by atoms with E-state index in [0.717, 1.165) is 0 Å². The largest absolute Gasteiger partial charge is 0.474 e. The van der Waals surface area contributed by atoms with E-state index in [0.29, 0.717) is 16.5 Å². The molecule has 7 heteroatoms. The molecule has 5 nitrogen and oxygen atoms in total. The third kappa shape index (κ3) is 5.55. The molecule has 0 aromatic heterocycles. The minimum absolute atomic E-state index is 0.265. The van der Waals surface area contributed by atoms with Gasteiger partial charge in [-0.25, -0.2) is 9.00 Å². The lowest BCUT2D eigenvalue weighted by molar-refractivity contribution is -0.158. The highest BCUT2D eigenvalue weighted by molar-refractivity contribution is 7.92. The van der Waals surface area contributed by atoms with Gasteiger partial charge in [0.2, 0.25) is 0 Å². The molecule has 0 unspecified atom stereocenters. The molecule has 0 N–H and O–H groups in total. The maximum Gasteiger partial charge on any atom is 0.349 e. The number of ether oxygens (including phenoxy) is 2. The van der Waals surface area contributed by atoms with Crippen molar-refractivity contribution in [1.29, 1.82) is 0 Å². The Morgan fingerprint density at radius 3 is 2.52 bits per heavy atom. The first-order valence-corrected chi connectivity index (χ1v) is 9.09. The van der Waals surface area contributed by atoms with Crippen LogP contribution in [0.3, 0.4) is 0 Å². The summed E-state index contributed by atoms with van der Waals surface area (Å²) in [5.41, 5.74) is -0.842. The summed E-state index contributed by atoms with van der Waals surface area (Å²) in [4.78, 5) is 11.9. The molecule has 0 aliphatic rings. The van der Waals surface area contributed by atoms with Gasteiger partial charge in [-0.3, -0.25) is 0 Å². The van der Waals surface area contributed by atoms with Crippen molar-refractivity contribution in [3.63, 3.8) is 0 Å². The molecule has 1 rings (SSSR count). The van der Waals surface area contributed by atoms with Gasteiger partial charge in [0.1, 0.15) is 11.4 Å². The molecule has 21 heavy (non-hydrogen) atoms. The Bertz CT molecular complexity index is 640. The molecule has 0 atom stereocenters. The fourth-order valence-corrected chi connectivity index (χ4v) is 2.29. The molecular weight excluding hydrogens is 314 g/mol. The van der Waals surface area contributed by atoms with Crippen LogP contribution in [-0.2, 0) is 19.3 Å². The number of carbonyl (C=O) groups is 1. The number of nitrogens with zero attached hydrogens (tertiary/aromatic N) is 1. The molecule has 0 aliphatic carbocycles. The van der Waals surface area contributed by atoms with Crippen LogP contribution >= 0.6 is 11.6 Å². The Hall–Kier alpha value is -1.27. The van der Waals surface area contributed by atoms with Gasteiger partial charge in [-0.05, 0) is 39.0 Å². The summed E-state index contributed by atoms with van der Waals surface area (Å²) in [6.45, 7) is 5.18. The first kappa shape index (κ1) is 17.8. The lowest BCUT2D eigenvalue weighted by atomic mass is 10.1. The molecule has 0 fully saturated rings. The Balaban J connectivity index is 3.20. The number of carbonyl (C=O) groups excluding carboxylic acids is 1. The van der Waals surface area contributed by atoms with Crippen molar-refractivity contribution in [2.45, 2.75) is 26.4 Å². The predicted molar refractivity (Wildman–Crippen MR) is 84.9 cm³/mol. The maximum absolute atomic E-state index is 11.9. The zero-order chi connectivity index (χ0) is 16.3. The number of rotatable bonds is 5. The van der Waals surface area contributed by atoms with E-state index in [4.69, 9.17) is 21.1 Å². The number of halogens is 1. The second-order valence-electron chi connectivity index (χ2n) is 5.22. The summed E-state index contributed by atoms with van der Waals surface area (Å²) in [6.07, 6.45) is 3.02. The van der Waals surface area contributed by atoms with Crippen molar-refractivity contribution in [3.05, 3.63) is 23.2 Å². The van der Waals surface area contributed by atoms with Gasteiger partial charge in [0.05, 0.1) is 6.61 Å². The van der Waals surface area contributed by atoms with E-state index < -0.39 is 21.3 Å². The zero-order valence-electron chi connectivity index (χ0n) is 12.8. The predicted octanol–water partition coefficient (Wildman–Crippen LogP) is 3.42. The highest BCUT2D eigenvalue weighted by atomic mass is 35.5. The lowest BCUT2D eigenvalue weighted by Gasteiger charge is -2.24. The minimum atomic E-state index is -2.38. The minimum Gasteiger partial charge on any atom is -0.474 e. The molecule has 0 heterocycles. The van der Waals surface area contributed by atoms with Crippen molar-refractivity contribution in [1.82, 2.24) is 0 Å². The van der Waals surface area contributed by atoms with Crippen LogP contribution in [0, 0.1) is 0 Å². The second-order valence-corrected chi connectivity index (χ2v) is 8.20. The SMILES string of the molecule is CCOC(=O)C(C)(C)Oc1ccc(Cl)cc1N=S(C)(C)=O. The number of hydrogen-bond donors (Lipinski definition) is 0. The van der Waals surface area contributed by atoms with Gasteiger partial charge < -0.3 is 9.47 Å². The fraction of sp³-hybridized carbons (Fsp3) is 0.500. The molecule has 0 spiro atoms. The summed E-state index contributed by atoms with van der Waals surface area (Å²) in [7, 11) is -2.38. The van der Waals surface area contributed by atoms with Crippen LogP contribution < -0.4 is 4.74 Å². The molecule has 0 aliphatic heterocycles. The first-order valence-electron chi connectivity index (χ1n) is 6.38. The summed E-state index contributed by atoms with van der Waals surface area (Å²) in [6, 6.07) is 4.75. The average molecular weight is 334 g/mol. The van der Waals surface area contributed by atoms with Crippen molar-refractivity contribution in [2.75, 3.05) is 19.1 Å². The van der Waals surface area contributed by atoms with Gasteiger partial charge in [-0.2, -0.15) is 4.36 Å². The molecule has 0 saturated heterocycles. The Morgan fingerprint density at radius 1 is 1.38 bits per heavy atom. The van der Waals surface area contributed by atoms with Crippen LogP contribution in [0.4, 0.5) is 5.69 Å². The Labute approximate surface area is 130 Å². The summed E-state index contributed by atoms with van der Waals surface area (Å²) >= 11 is 5.93. The third-order valence-corrected chi connectivity index (χ3v) is 3.24. The topological polar surface area (TPSA) is 65.0 Å². The van der Waals surface area contributed by atoms with Crippen molar-refractivity contribution in [3.8, 4) is 5.75 Å². The van der Waals surface area contributed by atoms with E-state index in [1.54, 1.807) is 39.0 Å². The van der Waals surface area contributed by atoms with E-state index >= 15 is 0 Å². The Morgan fingerprint density at radius 2 is 2.00 bits per heavy atom. The molecule has 1 aromatic carbocycles.